The quantitative estimate of drug-likeness (QED) is 0.167. The predicted molar refractivity (Wildman–Crippen MR) is 142 cm³/mol. The molecule has 1 saturated heterocycles. The van der Waals surface area contributed by atoms with Crippen molar-refractivity contribution in [3.05, 3.63) is 102 Å². The monoisotopic (exact) mass is 636 g/mol. The minimum absolute atomic E-state index is 0.0624. The van der Waals surface area contributed by atoms with Crippen LogP contribution in [0.1, 0.15) is 26.9 Å². The number of aliphatic hydroxyl groups excluding tert-OH is 1. The van der Waals surface area contributed by atoms with Gasteiger partial charge in [0, 0.05) is 24.4 Å². The molecule has 12 heteroatoms. The first-order valence-corrected chi connectivity index (χ1v) is 12.6. The number of nitrogens with one attached hydrogen (secondary N) is 1. The van der Waals surface area contributed by atoms with Crippen molar-refractivity contribution < 1.29 is 34.0 Å². The second kappa shape index (κ2) is 11.8. The summed E-state index contributed by atoms with van der Waals surface area (Å²) in [6, 6.07) is 15.6. The number of H-pyrrole nitrogens is 1. The number of ketones is 2. The Morgan fingerprint density at radius 3 is 2.29 bits per heavy atom. The second-order valence-corrected chi connectivity index (χ2v) is 9.73. The molecule has 200 valence electrons. The van der Waals surface area contributed by atoms with E-state index in [1.165, 1.54) is 37.6 Å². The lowest BCUT2D eigenvalue weighted by Gasteiger charge is -2.33. The van der Waals surface area contributed by atoms with Crippen molar-refractivity contribution in [3.63, 3.8) is 0 Å². The van der Waals surface area contributed by atoms with E-state index in [1.54, 1.807) is 59.0 Å². The van der Waals surface area contributed by atoms with Gasteiger partial charge in [-0.2, -0.15) is 0 Å². The maximum Gasteiger partial charge on any atom is 0.330 e. The molecular weight excluding hydrogens is 611 g/mol. The summed E-state index contributed by atoms with van der Waals surface area (Å²) in [5, 5.41) is 23.3. The molecule has 0 radical (unpaired) electrons. The van der Waals surface area contributed by atoms with Crippen molar-refractivity contribution in [1.29, 1.82) is 0 Å². The Morgan fingerprint density at radius 1 is 1.08 bits per heavy atom. The highest BCUT2D eigenvalue weighted by molar-refractivity contribution is 14.1. The van der Waals surface area contributed by atoms with Crippen molar-refractivity contribution in [2.24, 2.45) is 0 Å². The van der Waals surface area contributed by atoms with Gasteiger partial charge in [0.05, 0.1) is 16.8 Å². The number of carbonyl (C=O) groups excluding carboxylic acids is 2. The average molecular weight is 636 g/mol. The molecule has 1 unspecified atom stereocenters. The van der Waals surface area contributed by atoms with Gasteiger partial charge in [0.15, 0.2) is 23.4 Å². The first kappa shape index (κ1) is 28.0. The zero-order chi connectivity index (χ0) is 27.4. The summed E-state index contributed by atoms with van der Waals surface area (Å²) >= 11 is 1.71. The number of benzene rings is 2. The van der Waals surface area contributed by atoms with Gasteiger partial charge in [0.1, 0.15) is 18.3 Å². The van der Waals surface area contributed by atoms with Crippen LogP contribution in [0.25, 0.3) is 0 Å². The lowest BCUT2D eigenvalue weighted by atomic mass is 9.80. The van der Waals surface area contributed by atoms with Gasteiger partial charge in [-0.15, -0.1) is 0 Å². The number of halogens is 1. The van der Waals surface area contributed by atoms with Crippen LogP contribution in [0.4, 0.5) is 0 Å². The summed E-state index contributed by atoms with van der Waals surface area (Å²) < 4.78 is 17.9. The van der Waals surface area contributed by atoms with E-state index in [2.05, 4.69) is 4.98 Å². The van der Waals surface area contributed by atoms with Crippen LogP contribution in [-0.4, -0.2) is 75.6 Å². The highest BCUT2D eigenvalue weighted by Gasteiger charge is 2.65. The summed E-state index contributed by atoms with van der Waals surface area (Å²) in [7, 11) is 1.42. The van der Waals surface area contributed by atoms with E-state index in [0.29, 0.717) is 0 Å². The molecule has 2 aromatic carbocycles. The van der Waals surface area contributed by atoms with Crippen LogP contribution in [0.15, 0.2) is 76.4 Å². The fraction of sp³-hybridized carbons (Fsp3) is 0.308. The number of methoxy groups -OCH3 is 1. The van der Waals surface area contributed by atoms with Crippen LogP contribution in [-0.2, 0) is 14.2 Å². The predicted octanol–water partition coefficient (Wildman–Crippen LogP) is 0.928. The molecule has 0 spiro atoms. The molecule has 38 heavy (non-hydrogen) atoms. The van der Waals surface area contributed by atoms with Gasteiger partial charge in [-0.3, -0.25) is 23.9 Å². The zero-order valence-corrected chi connectivity index (χ0v) is 22.3. The zero-order valence-electron chi connectivity index (χ0n) is 20.2. The summed E-state index contributed by atoms with van der Waals surface area (Å²) in [4.78, 5) is 54.0. The van der Waals surface area contributed by atoms with Crippen LogP contribution >= 0.6 is 22.6 Å². The van der Waals surface area contributed by atoms with Gasteiger partial charge in [-0.05, 0) is 22.6 Å². The molecule has 0 aliphatic carbocycles. The first-order chi connectivity index (χ1) is 18.2. The fourth-order valence-corrected chi connectivity index (χ4v) is 4.77. The van der Waals surface area contributed by atoms with Crippen LogP contribution in [0.2, 0.25) is 0 Å². The summed E-state index contributed by atoms with van der Waals surface area (Å²) in [6.07, 6.45) is -5.79. The Bertz CT molecular complexity index is 1410. The molecule has 11 nitrogen and oxygen atoms in total. The molecule has 0 saturated carbocycles. The Morgan fingerprint density at radius 2 is 1.68 bits per heavy atom. The van der Waals surface area contributed by atoms with Gasteiger partial charge >= 0.3 is 5.69 Å². The normalized spacial score (nSPS) is 23.7. The van der Waals surface area contributed by atoms with Gasteiger partial charge in [-0.1, -0.05) is 60.7 Å². The average Bonchev–Trinajstić information content (AvgIpc) is 3.23. The van der Waals surface area contributed by atoms with E-state index in [1.807, 2.05) is 0 Å². The molecule has 1 aliphatic rings. The molecular formula is C26H25IN2O9. The number of hydrogen-bond donors (Lipinski definition) is 3. The van der Waals surface area contributed by atoms with Crippen molar-refractivity contribution in [2.75, 3.05) is 20.3 Å². The van der Waals surface area contributed by atoms with E-state index in [0.717, 1.165) is 4.57 Å². The third kappa shape index (κ3) is 5.28. The lowest BCUT2D eigenvalue weighted by Crippen LogP contribution is -2.60. The molecule has 1 aliphatic heterocycles. The summed E-state index contributed by atoms with van der Waals surface area (Å²) in [5.74, 6) is -1.70. The van der Waals surface area contributed by atoms with E-state index in [9.17, 15) is 29.4 Å². The van der Waals surface area contributed by atoms with E-state index >= 15 is 0 Å². The molecule has 5 atom stereocenters. The number of ether oxygens (including phenoxy) is 3. The third-order valence-corrected chi connectivity index (χ3v) is 6.98. The van der Waals surface area contributed by atoms with E-state index in [-0.39, 0.29) is 27.9 Å². The topological polar surface area (TPSA) is 157 Å². The molecule has 1 fully saturated rings. The highest BCUT2D eigenvalue weighted by Crippen LogP contribution is 2.43. The van der Waals surface area contributed by atoms with Crippen molar-refractivity contribution in [2.45, 2.75) is 30.1 Å². The highest BCUT2D eigenvalue weighted by atomic mass is 127. The van der Waals surface area contributed by atoms with Gasteiger partial charge in [0.2, 0.25) is 0 Å². The largest absolute Gasteiger partial charge is 0.382 e. The SMILES string of the molecule is COCCO[C@H]1[C@H](n2cc(I)c(=O)[nH]c2=O)O[C@H](C(O)C(=O)c2ccccc2)[C@]1(O)C(=O)c1ccccc1. The van der Waals surface area contributed by atoms with Crippen LogP contribution in [0, 0.1) is 3.57 Å². The number of aromatic amines is 1. The van der Waals surface area contributed by atoms with Gasteiger partial charge < -0.3 is 24.4 Å². The van der Waals surface area contributed by atoms with Gasteiger partial charge in [-0.25, -0.2) is 4.79 Å². The Kier molecular flexibility index (Phi) is 8.70. The number of rotatable bonds is 10. The Hall–Kier alpha value is -3.01. The Labute approximate surface area is 230 Å². The molecule has 3 N–H and O–H groups in total. The maximum absolute atomic E-state index is 13.9. The second-order valence-electron chi connectivity index (χ2n) is 8.57. The standard InChI is InChI=1S/C26H25IN2O9/c1-36-12-13-37-22-24(29-14-17(27)23(33)28-25(29)34)38-21(19(31)18(30)15-8-4-2-5-9-15)26(22,35)20(32)16-10-6-3-7-11-16/h2-11,14,19,21-22,24,31,35H,12-13H2,1H3,(H,28,33,34)/t19?,21-,22+,24-,26-/m1/s1. The van der Waals surface area contributed by atoms with Crippen LogP contribution in [0.5, 0.6) is 0 Å². The van der Waals surface area contributed by atoms with Crippen molar-refractivity contribution >= 4 is 34.2 Å². The number of Topliss-reactive ketones (excluding diaryl/α,β-unsaturated/α-hetero) is 2. The van der Waals surface area contributed by atoms with E-state index in [4.69, 9.17) is 14.2 Å². The van der Waals surface area contributed by atoms with Crippen molar-refractivity contribution in [1.82, 2.24) is 9.55 Å². The third-order valence-electron chi connectivity index (χ3n) is 6.21. The maximum atomic E-state index is 13.9. The minimum Gasteiger partial charge on any atom is -0.382 e. The molecule has 0 bridgehead atoms. The Balaban J connectivity index is 1.87. The lowest BCUT2D eigenvalue weighted by molar-refractivity contribution is -0.102. The van der Waals surface area contributed by atoms with E-state index < -0.39 is 53.0 Å². The number of aliphatic hydroxyl groups is 2. The summed E-state index contributed by atoms with van der Waals surface area (Å²) in [6.45, 7) is -0.0664. The molecule has 4 rings (SSSR count). The number of hydrogen-bond acceptors (Lipinski definition) is 9. The van der Waals surface area contributed by atoms with Crippen LogP contribution in [0.3, 0.4) is 0 Å². The molecule has 1 aromatic heterocycles. The smallest absolute Gasteiger partial charge is 0.330 e. The first-order valence-electron chi connectivity index (χ1n) is 11.6. The number of aromatic nitrogens is 2. The van der Waals surface area contributed by atoms with Gasteiger partial charge in [0.25, 0.3) is 5.56 Å². The molecule has 0 amide bonds. The fourth-order valence-electron chi connectivity index (χ4n) is 4.34. The van der Waals surface area contributed by atoms with Crippen LogP contribution < -0.4 is 11.2 Å². The molecule has 3 aromatic rings. The number of nitrogens with zero attached hydrogens (tertiary/aromatic N) is 1. The van der Waals surface area contributed by atoms with Crippen molar-refractivity contribution in [3.8, 4) is 0 Å². The minimum atomic E-state index is -2.63. The number of carbonyl (C=O) groups is 2. The summed E-state index contributed by atoms with van der Waals surface area (Å²) in [5.41, 5.74) is -4.00. The molecule has 2 heterocycles.